The highest BCUT2D eigenvalue weighted by Crippen LogP contribution is 2.18. The number of piperazine rings is 1. The average molecular weight is 420 g/mol. The molecule has 2 aromatic rings. The molecule has 2 aromatic carbocycles. The van der Waals surface area contributed by atoms with Gasteiger partial charge in [-0.15, -0.1) is 0 Å². The van der Waals surface area contributed by atoms with Gasteiger partial charge in [0.25, 0.3) is 0 Å². The van der Waals surface area contributed by atoms with E-state index < -0.39 is 10.0 Å². The normalized spacial score (nSPS) is 17.1. The Labute approximate surface area is 171 Å². The molecule has 0 bridgehead atoms. The lowest BCUT2D eigenvalue weighted by molar-refractivity contribution is -0.123. The minimum atomic E-state index is -3.51. The van der Waals surface area contributed by atoms with Gasteiger partial charge < -0.3 is 5.32 Å². The van der Waals surface area contributed by atoms with Crippen molar-refractivity contribution in [2.75, 3.05) is 32.7 Å². The van der Waals surface area contributed by atoms with Crippen LogP contribution in [0.15, 0.2) is 53.4 Å². The lowest BCUT2D eigenvalue weighted by Crippen LogP contribution is -2.51. The Bertz CT molecular complexity index is 938. The molecule has 0 saturated carbocycles. The van der Waals surface area contributed by atoms with E-state index in [1.807, 2.05) is 18.7 Å². The summed E-state index contributed by atoms with van der Waals surface area (Å²) in [4.78, 5) is 14.6. The summed E-state index contributed by atoms with van der Waals surface area (Å²) in [5.41, 5.74) is 1.84. The number of carbonyl (C=O) groups excluding carboxylic acids is 1. The van der Waals surface area contributed by atoms with E-state index in [4.69, 9.17) is 0 Å². The summed E-state index contributed by atoms with van der Waals surface area (Å²) in [6.45, 7) is 5.62. The van der Waals surface area contributed by atoms with E-state index in [0.717, 1.165) is 11.1 Å². The van der Waals surface area contributed by atoms with Gasteiger partial charge >= 0.3 is 0 Å². The van der Waals surface area contributed by atoms with Gasteiger partial charge in [-0.3, -0.25) is 9.69 Å². The van der Waals surface area contributed by atoms with E-state index in [0.29, 0.717) is 31.1 Å². The van der Waals surface area contributed by atoms with Gasteiger partial charge in [0.05, 0.1) is 17.5 Å². The number of aryl methyl sites for hydroxylation is 1. The zero-order valence-electron chi connectivity index (χ0n) is 16.6. The van der Waals surface area contributed by atoms with Crippen molar-refractivity contribution in [3.05, 3.63) is 65.5 Å². The summed E-state index contributed by atoms with van der Waals surface area (Å²) in [6.07, 6.45) is 0. The first-order valence-corrected chi connectivity index (χ1v) is 11.0. The minimum Gasteiger partial charge on any atom is -0.348 e. The summed E-state index contributed by atoms with van der Waals surface area (Å²) >= 11 is 0. The molecule has 29 heavy (non-hydrogen) atoms. The van der Waals surface area contributed by atoms with Crippen LogP contribution >= 0.6 is 0 Å². The van der Waals surface area contributed by atoms with Crippen LogP contribution in [0.1, 0.15) is 24.1 Å². The first kappa shape index (κ1) is 21.4. The zero-order chi connectivity index (χ0) is 21.0. The molecule has 1 saturated heterocycles. The van der Waals surface area contributed by atoms with Crippen molar-refractivity contribution in [3.8, 4) is 0 Å². The molecule has 1 atom stereocenters. The van der Waals surface area contributed by atoms with Crippen LogP contribution in [0.4, 0.5) is 4.39 Å². The average Bonchev–Trinajstić information content (AvgIpc) is 2.69. The summed E-state index contributed by atoms with van der Waals surface area (Å²) in [6, 6.07) is 12.6. The number of benzene rings is 2. The van der Waals surface area contributed by atoms with Gasteiger partial charge in [-0.2, -0.15) is 4.31 Å². The van der Waals surface area contributed by atoms with E-state index in [1.165, 1.54) is 16.4 Å². The molecule has 6 nitrogen and oxygen atoms in total. The fraction of sp³-hybridized carbons (Fsp3) is 0.381. The first-order chi connectivity index (χ1) is 13.8. The predicted molar refractivity (Wildman–Crippen MR) is 109 cm³/mol. The molecule has 8 heteroatoms. The number of hydrogen-bond acceptors (Lipinski definition) is 4. The number of nitrogens with one attached hydrogen (secondary N) is 1. The van der Waals surface area contributed by atoms with Crippen LogP contribution < -0.4 is 5.32 Å². The van der Waals surface area contributed by atoms with Crippen molar-refractivity contribution in [3.63, 3.8) is 0 Å². The van der Waals surface area contributed by atoms with E-state index >= 15 is 0 Å². The zero-order valence-corrected chi connectivity index (χ0v) is 17.5. The van der Waals surface area contributed by atoms with Gasteiger partial charge in [0, 0.05) is 26.2 Å². The number of rotatable bonds is 6. The van der Waals surface area contributed by atoms with Gasteiger partial charge in [0.15, 0.2) is 0 Å². The van der Waals surface area contributed by atoms with E-state index in [-0.39, 0.29) is 24.3 Å². The Morgan fingerprint density at radius 1 is 1.03 bits per heavy atom. The van der Waals surface area contributed by atoms with Crippen LogP contribution in [-0.4, -0.2) is 56.3 Å². The maximum atomic E-state index is 13.0. The third-order valence-electron chi connectivity index (χ3n) is 5.10. The van der Waals surface area contributed by atoms with Gasteiger partial charge in [0.1, 0.15) is 5.82 Å². The summed E-state index contributed by atoms with van der Waals surface area (Å²) < 4.78 is 40.0. The quantitative estimate of drug-likeness (QED) is 0.780. The second-order valence-corrected chi connectivity index (χ2v) is 9.27. The molecule has 0 aliphatic carbocycles. The van der Waals surface area contributed by atoms with Crippen LogP contribution in [-0.2, 0) is 14.8 Å². The van der Waals surface area contributed by atoms with Crippen LogP contribution in [0.3, 0.4) is 0 Å². The standard InChI is InChI=1S/C21H26FN3O3S/c1-16-3-9-20(10-4-16)29(27,28)25-13-11-24(12-14-25)15-21(26)23-17(2)18-5-7-19(22)8-6-18/h3-10,17H,11-15H2,1-2H3,(H,23,26)/t17-/m0/s1. The largest absolute Gasteiger partial charge is 0.348 e. The second-order valence-electron chi connectivity index (χ2n) is 7.33. The van der Waals surface area contributed by atoms with Crippen molar-refractivity contribution in [1.29, 1.82) is 0 Å². The molecular weight excluding hydrogens is 393 g/mol. The number of hydrogen-bond donors (Lipinski definition) is 1. The predicted octanol–water partition coefficient (Wildman–Crippen LogP) is 2.32. The van der Waals surface area contributed by atoms with E-state index in [1.54, 1.807) is 36.4 Å². The highest BCUT2D eigenvalue weighted by Gasteiger charge is 2.29. The molecule has 156 valence electrons. The molecule has 1 aliphatic heterocycles. The summed E-state index contributed by atoms with van der Waals surface area (Å²) in [5, 5.41) is 2.90. The van der Waals surface area contributed by atoms with Crippen LogP contribution in [0.5, 0.6) is 0 Å². The molecule has 1 N–H and O–H groups in total. The molecule has 0 spiro atoms. The van der Waals surface area contributed by atoms with E-state index in [9.17, 15) is 17.6 Å². The Hall–Kier alpha value is -2.29. The number of halogens is 1. The van der Waals surface area contributed by atoms with Crippen molar-refractivity contribution in [2.24, 2.45) is 0 Å². The Morgan fingerprint density at radius 2 is 1.62 bits per heavy atom. The minimum absolute atomic E-state index is 0.142. The van der Waals surface area contributed by atoms with Crippen LogP contribution in [0.2, 0.25) is 0 Å². The van der Waals surface area contributed by atoms with Crippen LogP contribution in [0, 0.1) is 12.7 Å². The van der Waals surface area contributed by atoms with Crippen molar-refractivity contribution >= 4 is 15.9 Å². The summed E-state index contributed by atoms with van der Waals surface area (Å²) in [7, 11) is -3.51. The summed E-state index contributed by atoms with van der Waals surface area (Å²) in [5.74, 6) is -0.456. The Kier molecular flexibility index (Phi) is 6.66. The molecule has 1 heterocycles. The highest BCUT2D eigenvalue weighted by atomic mass is 32.2. The Morgan fingerprint density at radius 3 is 2.21 bits per heavy atom. The van der Waals surface area contributed by atoms with Crippen LogP contribution in [0.25, 0.3) is 0 Å². The Balaban J connectivity index is 1.51. The van der Waals surface area contributed by atoms with Crippen molar-refractivity contribution in [1.82, 2.24) is 14.5 Å². The molecule has 1 fully saturated rings. The third kappa shape index (κ3) is 5.41. The number of sulfonamides is 1. The van der Waals surface area contributed by atoms with Gasteiger partial charge in [-0.1, -0.05) is 29.8 Å². The SMILES string of the molecule is Cc1ccc(S(=O)(=O)N2CCN(CC(=O)N[C@@H](C)c3ccc(F)cc3)CC2)cc1. The molecule has 1 aliphatic rings. The monoisotopic (exact) mass is 419 g/mol. The number of carbonyl (C=O) groups is 1. The van der Waals surface area contributed by atoms with Crippen molar-refractivity contribution in [2.45, 2.75) is 24.8 Å². The molecular formula is C21H26FN3O3S. The number of nitrogens with zero attached hydrogens (tertiary/aromatic N) is 2. The maximum Gasteiger partial charge on any atom is 0.243 e. The fourth-order valence-electron chi connectivity index (χ4n) is 3.31. The van der Waals surface area contributed by atoms with Gasteiger partial charge in [-0.05, 0) is 43.7 Å². The molecule has 0 aromatic heterocycles. The van der Waals surface area contributed by atoms with Gasteiger partial charge in [0.2, 0.25) is 15.9 Å². The maximum absolute atomic E-state index is 13.0. The smallest absolute Gasteiger partial charge is 0.243 e. The number of amides is 1. The lowest BCUT2D eigenvalue weighted by atomic mass is 10.1. The molecule has 3 rings (SSSR count). The fourth-order valence-corrected chi connectivity index (χ4v) is 4.73. The first-order valence-electron chi connectivity index (χ1n) is 9.60. The third-order valence-corrected chi connectivity index (χ3v) is 7.02. The molecule has 0 radical (unpaired) electrons. The topological polar surface area (TPSA) is 69.7 Å². The van der Waals surface area contributed by atoms with E-state index in [2.05, 4.69) is 5.32 Å². The second kappa shape index (κ2) is 9.02. The molecule has 0 unspecified atom stereocenters. The lowest BCUT2D eigenvalue weighted by Gasteiger charge is -2.33. The van der Waals surface area contributed by atoms with Gasteiger partial charge in [-0.25, -0.2) is 12.8 Å². The highest BCUT2D eigenvalue weighted by molar-refractivity contribution is 7.89. The van der Waals surface area contributed by atoms with Crippen molar-refractivity contribution < 1.29 is 17.6 Å². The molecule has 1 amide bonds.